The fraction of sp³-hybridized carbons (Fsp3) is 0.208. The van der Waals surface area contributed by atoms with Gasteiger partial charge in [-0.3, -0.25) is 9.69 Å². The summed E-state index contributed by atoms with van der Waals surface area (Å²) in [4.78, 5) is 14.9. The lowest BCUT2D eigenvalue weighted by Gasteiger charge is -2.30. The average molecular weight is 438 g/mol. The van der Waals surface area contributed by atoms with Crippen LogP contribution in [0, 0.1) is 0 Å². The van der Waals surface area contributed by atoms with Crippen LogP contribution in [0.3, 0.4) is 0 Å². The highest BCUT2D eigenvalue weighted by Crippen LogP contribution is 2.20. The van der Waals surface area contributed by atoms with E-state index < -0.39 is 0 Å². The number of halogens is 1. The van der Waals surface area contributed by atoms with Crippen molar-refractivity contribution in [3.05, 3.63) is 106 Å². The molecule has 0 aliphatic carbocycles. The number of esters is 1. The van der Waals surface area contributed by atoms with Crippen LogP contribution in [0.1, 0.15) is 16.7 Å². The van der Waals surface area contributed by atoms with Gasteiger partial charge in [0.2, 0.25) is 0 Å². The predicted molar refractivity (Wildman–Crippen MR) is 116 cm³/mol. The number of methoxy groups -OCH3 is 1. The molecule has 144 valence electrons. The van der Waals surface area contributed by atoms with E-state index in [1.807, 2.05) is 54.6 Å². The molecule has 0 saturated carbocycles. The molecule has 0 aliphatic heterocycles. The van der Waals surface area contributed by atoms with Gasteiger partial charge in [0, 0.05) is 17.6 Å². The summed E-state index contributed by atoms with van der Waals surface area (Å²) < 4.78 is 6.18. The van der Waals surface area contributed by atoms with Crippen LogP contribution < -0.4 is 0 Å². The minimum Gasteiger partial charge on any atom is -0.468 e. The second-order valence-corrected chi connectivity index (χ2v) is 7.66. The molecule has 0 spiro atoms. The Bertz CT molecular complexity index is 842. The van der Waals surface area contributed by atoms with E-state index in [9.17, 15) is 4.79 Å². The largest absolute Gasteiger partial charge is 0.468 e. The molecular formula is C24H24BrNO2. The Kier molecular flexibility index (Phi) is 7.40. The number of rotatable bonds is 8. The molecule has 0 radical (unpaired) electrons. The van der Waals surface area contributed by atoms with Crippen molar-refractivity contribution in [1.82, 2.24) is 4.90 Å². The van der Waals surface area contributed by atoms with Gasteiger partial charge in [0.05, 0.1) is 7.11 Å². The summed E-state index contributed by atoms with van der Waals surface area (Å²) in [6.07, 6.45) is 0.589. The number of carbonyl (C=O) groups is 1. The Morgan fingerprint density at radius 2 is 1.39 bits per heavy atom. The van der Waals surface area contributed by atoms with Gasteiger partial charge in [0.1, 0.15) is 6.04 Å². The normalized spacial score (nSPS) is 12.0. The third kappa shape index (κ3) is 5.78. The van der Waals surface area contributed by atoms with Crippen LogP contribution in [0.5, 0.6) is 0 Å². The van der Waals surface area contributed by atoms with E-state index in [0.717, 1.165) is 10.0 Å². The maximum atomic E-state index is 12.7. The van der Waals surface area contributed by atoms with E-state index in [-0.39, 0.29) is 12.0 Å². The standard InChI is InChI=1S/C24H24BrNO2/c1-28-24(27)23(16-21-13-8-14-22(25)15-21)26(17-19-9-4-2-5-10-19)18-20-11-6-3-7-12-20/h2-15,23H,16-18H2,1H3/t23-/m0/s1. The Labute approximate surface area is 175 Å². The molecule has 28 heavy (non-hydrogen) atoms. The molecule has 0 heterocycles. The first-order valence-corrected chi connectivity index (χ1v) is 10.1. The second kappa shape index (κ2) is 10.2. The highest BCUT2D eigenvalue weighted by molar-refractivity contribution is 9.10. The van der Waals surface area contributed by atoms with Crippen molar-refractivity contribution in [2.75, 3.05) is 7.11 Å². The van der Waals surface area contributed by atoms with Gasteiger partial charge in [0.15, 0.2) is 0 Å². The van der Waals surface area contributed by atoms with Gasteiger partial charge in [-0.15, -0.1) is 0 Å². The lowest BCUT2D eigenvalue weighted by atomic mass is 10.0. The SMILES string of the molecule is COC(=O)[C@H](Cc1cccc(Br)c1)N(Cc1ccccc1)Cc1ccccc1. The molecule has 0 fully saturated rings. The molecule has 0 bridgehead atoms. The zero-order valence-corrected chi connectivity index (χ0v) is 17.5. The van der Waals surface area contributed by atoms with Crippen LogP contribution in [0.15, 0.2) is 89.4 Å². The monoisotopic (exact) mass is 437 g/mol. The van der Waals surface area contributed by atoms with Crippen LogP contribution in [0.2, 0.25) is 0 Å². The van der Waals surface area contributed by atoms with E-state index in [0.29, 0.717) is 19.5 Å². The minimum atomic E-state index is -0.375. The first-order chi connectivity index (χ1) is 13.7. The van der Waals surface area contributed by atoms with Gasteiger partial charge in [-0.1, -0.05) is 88.7 Å². The first-order valence-electron chi connectivity index (χ1n) is 9.30. The number of ether oxygens (including phenoxy) is 1. The van der Waals surface area contributed by atoms with Crippen LogP contribution in [0.25, 0.3) is 0 Å². The van der Waals surface area contributed by atoms with Crippen LogP contribution in [-0.2, 0) is 29.0 Å². The van der Waals surface area contributed by atoms with Gasteiger partial charge >= 0.3 is 5.97 Å². The number of hydrogen-bond acceptors (Lipinski definition) is 3. The van der Waals surface area contributed by atoms with Crippen LogP contribution in [-0.4, -0.2) is 24.0 Å². The molecule has 3 rings (SSSR count). The fourth-order valence-corrected chi connectivity index (χ4v) is 3.74. The lowest BCUT2D eigenvalue weighted by Crippen LogP contribution is -2.42. The second-order valence-electron chi connectivity index (χ2n) is 6.75. The zero-order chi connectivity index (χ0) is 19.8. The predicted octanol–water partition coefficient (Wildman–Crippen LogP) is 5.24. The summed E-state index contributed by atoms with van der Waals surface area (Å²) in [5.41, 5.74) is 3.43. The topological polar surface area (TPSA) is 29.5 Å². The smallest absolute Gasteiger partial charge is 0.323 e. The van der Waals surface area contributed by atoms with Crippen molar-refractivity contribution in [1.29, 1.82) is 0 Å². The molecule has 3 aromatic carbocycles. The van der Waals surface area contributed by atoms with Gasteiger partial charge in [-0.05, 0) is 35.2 Å². The summed E-state index contributed by atoms with van der Waals surface area (Å²) in [6.45, 7) is 1.34. The van der Waals surface area contributed by atoms with Crippen molar-refractivity contribution >= 4 is 21.9 Å². The van der Waals surface area contributed by atoms with E-state index in [1.54, 1.807) is 0 Å². The molecule has 1 atom stereocenters. The highest BCUT2D eigenvalue weighted by atomic mass is 79.9. The summed E-state index contributed by atoms with van der Waals surface area (Å²) in [5, 5.41) is 0. The molecule has 0 amide bonds. The highest BCUT2D eigenvalue weighted by Gasteiger charge is 2.27. The number of hydrogen-bond donors (Lipinski definition) is 0. The van der Waals surface area contributed by atoms with Crippen molar-refractivity contribution in [3.8, 4) is 0 Å². The third-order valence-electron chi connectivity index (χ3n) is 4.69. The van der Waals surface area contributed by atoms with Gasteiger partial charge < -0.3 is 4.74 Å². The molecule has 3 aromatic rings. The molecule has 0 N–H and O–H groups in total. The molecule has 3 nitrogen and oxygen atoms in total. The Hall–Kier alpha value is -2.43. The molecule has 0 aromatic heterocycles. The van der Waals surface area contributed by atoms with Crippen molar-refractivity contribution in [3.63, 3.8) is 0 Å². The Balaban J connectivity index is 1.91. The van der Waals surface area contributed by atoms with Crippen molar-refractivity contribution in [2.45, 2.75) is 25.6 Å². The average Bonchev–Trinajstić information content (AvgIpc) is 2.72. The minimum absolute atomic E-state index is 0.216. The van der Waals surface area contributed by atoms with Gasteiger partial charge in [0.25, 0.3) is 0 Å². The Morgan fingerprint density at radius 3 is 1.89 bits per heavy atom. The number of carbonyl (C=O) groups excluding carboxylic acids is 1. The number of nitrogens with zero attached hydrogens (tertiary/aromatic N) is 1. The Morgan fingerprint density at radius 1 is 0.857 bits per heavy atom. The van der Waals surface area contributed by atoms with Crippen LogP contribution in [0.4, 0.5) is 0 Å². The van der Waals surface area contributed by atoms with E-state index in [1.165, 1.54) is 18.2 Å². The molecule has 4 heteroatoms. The van der Waals surface area contributed by atoms with Crippen molar-refractivity contribution in [2.24, 2.45) is 0 Å². The summed E-state index contributed by atoms with van der Waals surface area (Å²) in [7, 11) is 1.46. The molecular weight excluding hydrogens is 414 g/mol. The summed E-state index contributed by atoms with van der Waals surface area (Å²) >= 11 is 3.52. The quantitative estimate of drug-likeness (QED) is 0.451. The maximum Gasteiger partial charge on any atom is 0.323 e. The fourth-order valence-electron chi connectivity index (χ4n) is 3.30. The summed E-state index contributed by atoms with van der Waals surface area (Å²) in [5.74, 6) is -0.216. The maximum absolute atomic E-state index is 12.7. The molecule has 0 saturated heterocycles. The van der Waals surface area contributed by atoms with E-state index >= 15 is 0 Å². The number of benzene rings is 3. The first kappa shape index (κ1) is 20.3. The van der Waals surface area contributed by atoms with Crippen molar-refractivity contribution < 1.29 is 9.53 Å². The van der Waals surface area contributed by atoms with Gasteiger partial charge in [-0.2, -0.15) is 0 Å². The lowest BCUT2D eigenvalue weighted by molar-refractivity contribution is -0.147. The van der Waals surface area contributed by atoms with Gasteiger partial charge in [-0.25, -0.2) is 0 Å². The van der Waals surface area contributed by atoms with E-state index in [4.69, 9.17) is 4.74 Å². The molecule has 0 aliphatic rings. The molecule has 0 unspecified atom stereocenters. The van der Waals surface area contributed by atoms with Crippen LogP contribution >= 0.6 is 15.9 Å². The third-order valence-corrected chi connectivity index (χ3v) is 5.18. The zero-order valence-electron chi connectivity index (χ0n) is 15.9. The van der Waals surface area contributed by atoms with E-state index in [2.05, 4.69) is 51.2 Å². The summed E-state index contributed by atoms with van der Waals surface area (Å²) in [6, 6.07) is 28.2.